The van der Waals surface area contributed by atoms with Gasteiger partial charge < -0.3 is 0 Å². The topological polar surface area (TPSA) is 18.5 Å². The van der Waals surface area contributed by atoms with Crippen molar-refractivity contribution in [3.63, 3.8) is 0 Å². The Morgan fingerprint density at radius 2 is 1.67 bits per heavy atom. The number of para-hydroxylation sites is 1. The summed E-state index contributed by atoms with van der Waals surface area (Å²) in [5, 5.41) is 3.94. The van der Waals surface area contributed by atoms with Gasteiger partial charge in [0.1, 0.15) is 0 Å². The first kappa shape index (κ1) is 9.03. The fraction of sp³-hybridized carbons (Fsp3) is 0.333. The van der Waals surface area contributed by atoms with E-state index in [2.05, 4.69) is 17.6 Å². The van der Waals surface area contributed by atoms with Crippen LogP contribution in [0.5, 0.6) is 0 Å². The zero-order valence-corrected chi connectivity index (χ0v) is 7.78. The summed E-state index contributed by atoms with van der Waals surface area (Å²) in [5.74, 6) is 0. The van der Waals surface area contributed by atoms with E-state index in [1.807, 2.05) is 49.5 Å². The van der Waals surface area contributed by atoms with Gasteiger partial charge in [-0.3, -0.25) is 0 Å². The van der Waals surface area contributed by atoms with Crippen LogP contribution < -0.4 is 10.5 Å². The molecule has 0 spiro atoms. The van der Waals surface area contributed by atoms with Gasteiger partial charge in [0.15, 0.2) is 0 Å². The molecule has 0 saturated carbocycles. The van der Waals surface area contributed by atoms with E-state index in [1.54, 1.807) is 0 Å². The molecule has 1 N–H and O–H groups in total. The molecule has 3 nitrogen and oxygen atoms in total. The number of benzene rings is 1. The summed E-state index contributed by atoms with van der Waals surface area (Å²) in [5.41, 5.74) is 4.21. The largest absolute Gasteiger partial charge is 0.240 e. The molecule has 0 amide bonds. The van der Waals surface area contributed by atoms with Crippen molar-refractivity contribution in [1.29, 1.82) is 0 Å². The van der Waals surface area contributed by atoms with Crippen LogP contribution in [0.4, 0.5) is 5.69 Å². The van der Waals surface area contributed by atoms with Gasteiger partial charge in [-0.2, -0.15) is 0 Å². The molecule has 0 aliphatic carbocycles. The SMILES string of the molecule is CNN(c1ccccc1)N(C)C. The predicted octanol–water partition coefficient (Wildman–Crippen LogP) is 1.10. The van der Waals surface area contributed by atoms with Gasteiger partial charge in [-0.15, -0.1) is 0 Å². The molecule has 0 unspecified atom stereocenters. The molecule has 66 valence electrons. The first-order valence-corrected chi connectivity index (χ1v) is 3.95. The Balaban J connectivity index is 2.80. The fourth-order valence-electron chi connectivity index (χ4n) is 1.13. The third kappa shape index (κ3) is 1.96. The zero-order valence-electron chi connectivity index (χ0n) is 7.78. The lowest BCUT2D eigenvalue weighted by atomic mass is 10.3. The fourth-order valence-corrected chi connectivity index (χ4v) is 1.13. The Kier molecular flexibility index (Phi) is 3.08. The predicted molar refractivity (Wildman–Crippen MR) is 51.7 cm³/mol. The second kappa shape index (κ2) is 4.09. The van der Waals surface area contributed by atoms with Crippen molar-refractivity contribution in [2.45, 2.75) is 0 Å². The highest BCUT2D eigenvalue weighted by atomic mass is 15.8. The standard InChI is InChI=1S/C9H15N3/c1-10-12(11(2)3)9-7-5-4-6-8-9/h4-8,10H,1-3H3. The second-order valence-electron chi connectivity index (χ2n) is 2.72. The molecule has 0 aliphatic rings. The summed E-state index contributed by atoms with van der Waals surface area (Å²) in [6.07, 6.45) is 0. The maximum absolute atomic E-state index is 3.08. The first-order chi connectivity index (χ1) is 5.75. The normalized spacial score (nSPS) is 10.3. The Morgan fingerprint density at radius 1 is 1.08 bits per heavy atom. The molecule has 0 radical (unpaired) electrons. The minimum Gasteiger partial charge on any atom is -0.240 e. The molecule has 0 heterocycles. The van der Waals surface area contributed by atoms with E-state index in [0.29, 0.717) is 0 Å². The molecule has 12 heavy (non-hydrogen) atoms. The molecule has 0 atom stereocenters. The van der Waals surface area contributed by atoms with E-state index in [9.17, 15) is 0 Å². The van der Waals surface area contributed by atoms with Crippen molar-refractivity contribution in [3.8, 4) is 0 Å². The van der Waals surface area contributed by atoms with Crippen LogP contribution in [0.15, 0.2) is 30.3 Å². The van der Waals surface area contributed by atoms with Crippen molar-refractivity contribution in [2.75, 3.05) is 26.3 Å². The van der Waals surface area contributed by atoms with Crippen LogP contribution in [-0.4, -0.2) is 26.2 Å². The van der Waals surface area contributed by atoms with E-state index in [-0.39, 0.29) is 0 Å². The number of nitrogens with zero attached hydrogens (tertiary/aromatic N) is 2. The Hall–Kier alpha value is -1.06. The van der Waals surface area contributed by atoms with Crippen molar-refractivity contribution in [1.82, 2.24) is 10.4 Å². The third-order valence-corrected chi connectivity index (χ3v) is 1.61. The van der Waals surface area contributed by atoms with Crippen molar-refractivity contribution >= 4 is 5.69 Å². The first-order valence-electron chi connectivity index (χ1n) is 3.95. The number of rotatable bonds is 3. The number of hydrazine groups is 2. The Labute approximate surface area is 73.5 Å². The highest BCUT2D eigenvalue weighted by Gasteiger charge is 2.03. The highest BCUT2D eigenvalue weighted by Crippen LogP contribution is 2.10. The Bertz CT molecular complexity index is 220. The van der Waals surface area contributed by atoms with Crippen LogP contribution in [0.2, 0.25) is 0 Å². The Morgan fingerprint density at radius 3 is 2.08 bits per heavy atom. The molecule has 0 saturated heterocycles. The second-order valence-corrected chi connectivity index (χ2v) is 2.72. The molecule has 1 aromatic rings. The number of nitrogens with one attached hydrogen (secondary N) is 1. The maximum atomic E-state index is 3.08. The number of hydrogen-bond acceptors (Lipinski definition) is 3. The van der Waals surface area contributed by atoms with Gasteiger partial charge >= 0.3 is 0 Å². The van der Waals surface area contributed by atoms with Crippen molar-refractivity contribution in [2.24, 2.45) is 0 Å². The maximum Gasteiger partial charge on any atom is 0.0704 e. The molecular formula is C9H15N3. The minimum atomic E-state index is 1.13. The number of anilines is 1. The van der Waals surface area contributed by atoms with Crippen LogP contribution in [0.3, 0.4) is 0 Å². The lowest BCUT2D eigenvalue weighted by Crippen LogP contribution is -2.45. The van der Waals surface area contributed by atoms with Crippen molar-refractivity contribution < 1.29 is 0 Å². The summed E-state index contributed by atoms with van der Waals surface area (Å²) in [6.45, 7) is 0. The van der Waals surface area contributed by atoms with E-state index in [0.717, 1.165) is 5.69 Å². The molecule has 1 rings (SSSR count). The molecular weight excluding hydrogens is 150 g/mol. The van der Waals surface area contributed by atoms with Gasteiger partial charge in [0.25, 0.3) is 0 Å². The van der Waals surface area contributed by atoms with Gasteiger partial charge in [0.05, 0.1) is 5.69 Å². The van der Waals surface area contributed by atoms with Crippen molar-refractivity contribution in [3.05, 3.63) is 30.3 Å². The van der Waals surface area contributed by atoms with Gasteiger partial charge in [-0.25, -0.2) is 15.6 Å². The molecule has 0 aromatic heterocycles. The summed E-state index contributed by atoms with van der Waals surface area (Å²) in [6, 6.07) is 10.1. The highest BCUT2D eigenvalue weighted by molar-refractivity contribution is 5.43. The molecule has 1 aromatic carbocycles. The van der Waals surface area contributed by atoms with Gasteiger partial charge in [0, 0.05) is 21.1 Å². The quantitative estimate of drug-likeness (QED) is 0.677. The summed E-state index contributed by atoms with van der Waals surface area (Å²) >= 11 is 0. The summed E-state index contributed by atoms with van der Waals surface area (Å²) in [7, 11) is 5.88. The van der Waals surface area contributed by atoms with E-state index in [4.69, 9.17) is 0 Å². The van der Waals surface area contributed by atoms with Crippen LogP contribution in [0.25, 0.3) is 0 Å². The van der Waals surface area contributed by atoms with E-state index >= 15 is 0 Å². The third-order valence-electron chi connectivity index (χ3n) is 1.61. The summed E-state index contributed by atoms with van der Waals surface area (Å²) < 4.78 is 0. The average molecular weight is 165 g/mol. The van der Waals surface area contributed by atoms with Gasteiger partial charge in [-0.1, -0.05) is 18.2 Å². The summed E-state index contributed by atoms with van der Waals surface area (Å²) in [4.78, 5) is 0. The molecule has 0 bridgehead atoms. The average Bonchev–Trinajstić information content (AvgIpc) is 2.07. The molecule has 3 heteroatoms. The van der Waals surface area contributed by atoms with Crippen LogP contribution in [-0.2, 0) is 0 Å². The number of hydrogen-bond donors (Lipinski definition) is 1. The lowest BCUT2D eigenvalue weighted by molar-refractivity contribution is 0.335. The van der Waals surface area contributed by atoms with E-state index < -0.39 is 0 Å². The van der Waals surface area contributed by atoms with Gasteiger partial charge in [-0.05, 0) is 12.1 Å². The van der Waals surface area contributed by atoms with Crippen LogP contribution in [0, 0.1) is 0 Å². The lowest BCUT2D eigenvalue weighted by Gasteiger charge is -2.29. The van der Waals surface area contributed by atoms with E-state index in [1.165, 1.54) is 0 Å². The molecule has 0 fully saturated rings. The van der Waals surface area contributed by atoms with Crippen LogP contribution in [0.1, 0.15) is 0 Å². The zero-order chi connectivity index (χ0) is 8.97. The molecule has 0 aliphatic heterocycles. The van der Waals surface area contributed by atoms with Gasteiger partial charge in [0.2, 0.25) is 0 Å². The minimum absolute atomic E-state index is 1.13. The smallest absolute Gasteiger partial charge is 0.0704 e. The van der Waals surface area contributed by atoms with Crippen LogP contribution >= 0.6 is 0 Å². The monoisotopic (exact) mass is 165 g/mol.